The molecule has 6 heteroatoms. The summed E-state index contributed by atoms with van der Waals surface area (Å²) in [4.78, 5) is 32.0. The summed E-state index contributed by atoms with van der Waals surface area (Å²) in [6.45, 7) is 5.94. The molecule has 1 aliphatic heterocycles. The van der Waals surface area contributed by atoms with E-state index in [-0.39, 0.29) is 11.8 Å². The van der Waals surface area contributed by atoms with Crippen LogP contribution in [-0.2, 0) is 11.3 Å². The number of carbonyl (C=O) groups is 2. The van der Waals surface area contributed by atoms with Crippen LogP contribution >= 0.6 is 11.3 Å². The molecule has 5 nitrogen and oxygen atoms in total. The SMILES string of the molecule is Cc1ccsc1CN(C)C(=O)CN1CCN(C(=O)c2ccccc2)CC1. The standard InChI is InChI=1S/C20H25N3O2S/c1-16-8-13-26-18(16)14-21(2)19(24)15-22-9-11-23(12-10-22)20(25)17-6-4-3-5-7-17/h3-8,13H,9-12,14-15H2,1-2H3. The number of hydrogen-bond donors (Lipinski definition) is 0. The lowest BCUT2D eigenvalue weighted by atomic mass is 10.2. The van der Waals surface area contributed by atoms with E-state index in [9.17, 15) is 9.59 Å². The van der Waals surface area contributed by atoms with E-state index in [1.807, 2.05) is 42.3 Å². The highest BCUT2D eigenvalue weighted by Crippen LogP contribution is 2.17. The van der Waals surface area contributed by atoms with Gasteiger partial charge in [-0.3, -0.25) is 14.5 Å². The number of rotatable bonds is 5. The summed E-state index contributed by atoms with van der Waals surface area (Å²) in [5.74, 6) is 0.197. The molecule has 3 rings (SSSR count). The van der Waals surface area contributed by atoms with Crippen LogP contribution in [0.3, 0.4) is 0 Å². The van der Waals surface area contributed by atoms with E-state index < -0.39 is 0 Å². The summed E-state index contributed by atoms with van der Waals surface area (Å²) in [6.07, 6.45) is 0. The molecule has 0 bridgehead atoms. The molecule has 1 fully saturated rings. The molecule has 1 aliphatic rings. The van der Waals surface area contributed by atoms with Crippen molar-refractivity contribution in [1.29, 1.82) is 0 Å². The molecule has 1 aromatic heterocycles. The van der Waals surface area contributed by atoms with Gasteiger partial charge >= 0.3 is 0 Å². The molecule has 0 unspecified atom stereocenters. The van der Waals surface area contributed by atoms with Crippen LogP contribution in [0.25, 0.3) is 0 Å². The Morgan fingerprint density at radius 3 is 2.38 bits per heavy atom. The second-order valence-electron chi connectivity index (χ2n) is 6.71. The smallest absolute Gasteiger partial charge is 0.253 e. The van der Waals surface area contributed by atoms with Gasteiger partial charge in [0.05, 0.1) is 13.1 Å². The highest BCUT2D eigenvalue weighted by Gasteiger charge is 2.24. The number of thiophene rings is 1. The first-order valence-electron chi connectivity index (χ1n) is 8.88. The zero-order valence-electron chi connectivity index (χ0n) is 15.4. The molecular weight excluding hydrogens is 346 g/mol. The zero-order chi connectivity index (χ0) is 18.5. The van der Waals surface area contributed by atoms with Crippen LogP contribution in [0.2, 0.25) is 0 Å². The van der Waals surface area contributed by atoms with Gasteiger partial charge in [0.2, 0.25) is 5.91 Å². The Labute approximate surface area is 158 Å². The van der Waals surface area contributed by atoms with Gasteiger partial charge in [-0.2, -0.15) is 0 Å². The lowest BCUT2D eigenvalue weighted by Gasteiger charge is -2.35. The van der Waals surface area contributed by atoms with Gasteiger partial charge in [0, 0.05) is 43.7 Å². The maximum absolute atomic E-state index is 12.5. The lowest BCUT2D eigenvalue weighted by molar-refractivity contribution is -0.131. The van der Waals surface area contributed by atoms with E-state index in [0.29, 0.717) is 26.2 Å². The fraction of sp³-hybridized carbons (Fsp3) is 0.400. The molecule has 26 heavy (non-hydrogen) atoms. The van der Waals surface area contributed by atoms with Gasteiger partial charge in [0.25, 0.3) is 5.91 Å². The largest absolute Gasteiger partial charge is 0.339 e. The number of hydrogen-bond acceptors (Lipinski definition) is 4. The quantitative estimate of drug-likeness (QED) is 0.811. The van der Waals surface area contributed by atoms with E-state index in [4.69, 9.17) is 0 Å². The molecule has 2 amide bonds. The number of likely N-dealkylation sites (N-methyl/N-ethyl adjacent to an activating group) is 1. The lowest BCUT2D eigenvalue weighted by Crippen LogP contribution is -2.51. The van der Waals surface area contributed by atoms with Crippen molar-refractivity contribution >= 4 is 23.2 Å². The molecule has 0 spiro atoms. The van der Waals surface area contributed by atoms with Gasteiger partial charge in [0.15, 0.2) is 0 Å². The minimum absolute atomic E-state index is 0.0712. The predicted molar refractivity (Wildman–Crippen MR) is 104 cm³/mol. The van der Waals surface area contributed by atoms with E-state index in [0.717, 1.165) is 18.7 Å². The van der Waals surface area contributed by atoms with Gasteiger partial charge in [-0.25, -0.2) is 0 Å². The monoisotopic (exact) mass is 371 g/mol. The summed E-state index contributed by atoms with van der Waals surface area (Å²) >= 11 is 1.69. The third kappa shape index (κ3) is 4.51. The van der Waals surface area contributed by atoms with Gasteiger partial charge < -0.3 is 9.80 Å². The first-order valence-corrected chi connectivity index (χ1v) is 9.76. The van der Waals surface area contributed by atoms with Crippen molar-refractivity contribution < 1.29 is 9.59 Å². The average Bonchev–Trinajstić information content (AvgIpc) is 3.07. The van der Waals surface area contributed by atoms with Gasteiger partial charge in [-0.05, 0) is 36.1 Å². The summed E-state index contributed by atoms with van der Waals surface area (Å²) in [6, 6.07) is 11.5. The predicted octanol–water partition coefficient (Wildman–Crippen LogP) is 2.47. The van der Waals surface area contributed by atoms with Crippen molar-refractivity contribution in [2.75, 3.05) is 39.8 Å². The van der Waals surface area contributed by atoms with Crippen LogP contribution in [0.4, 0.5) is 0 Å². The number of amides is 2. The van der Waals surface area contributed by atoms with Crippen LogP contribution in [0.15, 0.2) is 41.8 Å². The minimum Gasteiger partial charge on any atom is -0.339 e. The maximum Gasteiger partial charge on any atom is 0.253 e. The molecule has 138 valence electrons. The van der Waals surface area contributed by atoms with Crippen LogP contribution in [0, 0.1) is 6.92 Å². The second kappa shape index (κ2) is 8.47. The maximum atomic E-state index is 12.5. The van der Waals surface area contributed by atoms with Gasteiger partial charge in [-0.1, -0.05) is 18.2 Å². The Balaban J connectivity index is 1.47. The molecule has 1 aromatic carbocycles. The van der Waals surface area contributed by atoms with Crippen molar-refractivity contribution in [1.82, 2.24) is 14.7 Å². The highest BCUT2D eigenvalue weighted by atomic mass is 32.1. The van der Waals surface area contributed by atoms with E-state index in [1.165, 1.54) is 10.4 Å². The Morgan fingerprint density at radius 1 is 1.08 bits per heavy atom. The molecule has 0 saturated carbocycles. The minimum atomic E-state index is 0.0712. The van der Waals surface area contributed by atoms with E-state index in [2.05, 4.69) is 23.3 Å². The molecule has 1 saturated heterocycles. The van der Waals surface area contributed by atoms with E-state index >= 15 is 0 Å². The first kappa shape index (κ1) is 18.6. The molecule has 0 N–H and O–H groups in total. The van der Waals surface area contributed by atoms with Crippen LogP contribution in [0.5, 0.6) is 0 Å². The third-order valence-corrected chi connectivity index (χ3v) is 5.82. The number of nitrogens with zero attached hydrogens (tertiary/aromatic N) is 3. The normalized spacial score (nSPS) is 15.1. The van der Waals surface area contributed by atoms with Crippen molar-refractivity contribution in [3.63, 3.8) is 0 Å². The van der Waals surface area contributed by atoms with Crippen LogP contribution < -0.4 is 0 Å². The number of benzene rings is 1. The van der Waals surface area contributed by atoms with Crippen molar-refractivity contribution in [2.45, 2.75) is 13.5 Å². The number of aryl methyl sites for hydroxylation is 1. The Morgan fingerprint density at radius 2 is 1.77 bits per heavy atom. The fourth-order valence-corrected chi connectivity index (χ4v) is 4.01. The van der Waals surface area contributed by atoms with Crippen molar-refractivity contribution in [2.24, 2.45) is 0 Å². The Hall–Kier alpha value is -2.18. The molecule has 0 aliphatic carbocycles. The Kier molecular flexibility index (Phi) is 6.06. The molecule has 2 heterocycles. The average molecular weight is 372 g/mol. The van der Waals surface area contributed by atoms with Gasteiger partial charge in [-0.15, -0.1) is 11.3 Å². The fourth-order valence-electron chi connectivity index (χ4n) is 3.05. The molecule has 2 aromatic rings. The summed E-state index contributed by atoms with van der Waals surface area (Å²) in [5, 5.41) is 2.06. The molecule has 0 radical (unpaired) electrons. The summed E-state index contributed by atoms with van der Waals surface area (Å²) in [5.41, 5.74) is 1.96. The summed E-state index contributed by atoms with van der Waals surface area (Å²) < 4.78 is 0. The first-order chi connectivity index (χ1) is 12.5. The summed E-state index contributed by atoms with van der Waals surface area (Å²) in [7, 11) is 1.86. The second-order valence-corrected chi connectivity index (χ2v) is 7.71. The number of piperazine rings is 1. The van der Waals surface area contributed by atoms with Crippen LogP contribution in [-0.4, -0.2) is 66.3 Å². The van der Waals surface area contributed by atoms with Gasteiger partial charge in [0.1, 0.15) is 0 Å². The molecule has 0 atom stereocenters. The van der Waals surface area contributed by atoms with Crippen molar-refractivity contribution in [3.8, 4) is 0 Å². The van der Waals surface area contributed by atoms with E-state index in [1.54, 1.807) is 16.2 Å². The van der Waals surface area contributed by atoms with Crippen LogP contribution in [0.1, 0.15) is 20.8 Å². The van der Waals surface area contributed by atoms with Crippen molar-refractivity contribution in [3.05, 3.63) is 57.8 Å². The highest BCUT2D eigenvalue weighted by molar-refractivity contribution is 7.10. The number of carbonyl (C=O) groups excluding carboxylic acids is 2. The third-order valence-electron chi connectivity index (χ3n) is 4.81. The zero-order valence-corrected chi connectivity index (χ0v) is 16.2. The topological polar surface area (TPSA) is 43.9 Å². The Bertz CT molecular complexity index is 751. The molecular formula is C20H25N3O2S.